The lowest BCUT2D eigenvalue weighted by Crippen LogP contribution is -2.57. The molecule has 3 aliphatic carbocycles. The second-order valence-corrected chi connectivity index (χ2v) is 8.81. The Hall–Kier alpha value is -3.80. The van der Waals surface area contributed by atoms with Crippen molar-refractivity contribution in [1.82, 2.24) is 4.90 Å². The second-order valence-electron chi connectivity index (χ2n) is 8.81. The average molecular weight is 424 g/mol. The van der Waals surface area contributed by atoms with E-state index in [4.69, 9.17) is 0 Å². The highest BCUT2D eigenvalue weighted by Crippen LogP contribution is 2.64. The molecule has 0 unspecified atom stereocenters. The Balaban J connectivity index is 1.62. The zero-order valence-corrected chi connectivity index (χ0v) is 17.3. The maximum Gasteiger partial charge on any atom is 0.284 e. The van der Waals surface area contributed by atoms with Crippen molar-refractivity contribution in [3.8, 4) is 0 Å². The molecule has 6 heteroatoms. The van der Waals surface area contributed by atoms with Crippen LogP contribution in [0, 0.1) is 22.0 Å². The molecule has 1 fully saturated rings. The number of carbonyl (C=O) groups is 2. The molecule has 3 aromatic carbocycles. The smallest absolute Gasteiger partial charge is 0.274 e. The molecule has 6 nitrogen and oxygen atoms in total. The molecule has 0 radical (unpaired) electrons. The number of nitrogens with zero attached hydrogens (tertiary/aromatic N) is 2. The normalized spacial score (nSPS) is 28.2. The lowest BCUT2D eigenvalue weighted by atomic mass is 9.51. The van der Waals surface area contributed by atoms with Crippen LogP contribution in [0.2, 0.25) is 0 Å². The summed E-state index contributed by atoms with van der Waals surface area (Å²) in [6, 6.07) is 23.3. The fourth-order valence-corrected chi connectivity index (χ4v) is 6.33. The standard InChI is InChI=1S/C26H20N2O4/c1-15(16-9-3-2-4-10-16)27-24(29)22-21-17-11-5-7-13-19(17)26(28(31)32,23(22)25(27)30)20-14-8-6-12-18(20)21/h2-15,21-23H,1H3/t15-,21?,22+,23-,26?/m0/s1. The van der Waals surface area contributed by atoms with Crippen LogP contribution in [0.15, 0.2) is 78.9 Å². The van der Waals surface area contributed by atoms with Gasteiger partial charge in [0.15, 0.2) is 0 Å². The van der Waals surface area contributed by atoms with Crippen molar-refractivity contribution < 1.29 is 14.5 Å². The lowest BCUT2D eigenvalue weighted by Gasteiger charge is -2.48. The molecular weight excluding hydrogens is 404 g/mol. The molecule has 3 aromatic rings. The van der Waals surface area contributed by atoms with Gasteiger partial charge in [-0.05, 0) is 23.6 Å². The number of amides is 2. The molecule has 0 aromatic heterocycles. The van der Waals surface area contributed by atoms with Crippen LogP contribution in [0.1, 0.15) is 46.7 Å². The van der Waals surface area contributed by atoms with E-state index >= 15 is 0 Å². The van der Waals surface area contributed by atoms with Crippen molar-refractivity contribution in [3.63, 3.8) is 0 Å². The topological polar surface area (TPSA) is 80.5 Å². The molecule has 3 atom stereocenters. The Labute approximate surface area is 184 Å². The van der Waals surface area contributed by atoms with E-state index in [1.165, 1.54) is 4.90 Å². The fourth-order valence-electron chi connectivity index (χ4n) is 6.33. The van der Waals surface area contributed by atoms with E-state index in [0.717, 1.165) is 16.7 Å². The number of imide groups is 1. The molecule has 158 valence electrons. The van der Waals surface area contributed by atoms with Gasteiger partial charge < -0.3 is 0 Å². The molecule has 32 heavy (non-hydrogen) atoms. The maximum atomic E-state index is 13.9. The van der Waals surface area contributed by atoms with Crippen molar-refractivity contribution in [2.45, 2.75) is 24.4 Å². The van der Waals surface area contributed by atoms with Crippen LogP contribution < -0.4 is 0 Å². The van der Waals surface area contributed by atoms with E-state index in [1.54, 1.807) is 24.3 Å². The molecule has 1 saturated heterocycles. The van der Waals surface area contributed by atoms with Gasteiger partial charge in [0.05, 0.1) is 12.0 Å². The van der Waals surface area contributed by atoms with Crippen LogP contribution >= 0.6 is 0 Å². The van der Waals surface area contributed by atoms with Gasteiger partial charge in [-0.15, -0.1) is 0 Å². The van der Waals surface area contributed by atoms with E-state index in [0.29, 0.717) is 11.1 Å². The molecule has 1 heterocycles. The second kappa shape index (κ2) is 6.36. The Morgan fingerprint density at radius 3 is 1.94 bits per heavy atom. The Morgan fingerprint density at radius 1 is 0.844 bits per heavy atom. The number of hydrogen-bond acceptors (Lipinski definition) is 4. The van der Waals surface area contributed by atoms with Crippen molar-refractivity contribution in [1.29, 1.82) is 0 Å². The van der Waals surface area contributed by atoms with E-state index in [1.807, 2.05) is 61.5 Å². The fraction of sp³-hybridized carbons (Fsp3) is 0.231. The summed E-state index contributed by atoms with van der Waals surface area (Å²) in [7, 11) is 0. The SMILES string of the molecule is C[C@@H](c1ccccc1)N1C(=O)[C@@H]2C3c4ccccc4C([N+](=O)[O-])(c4ccccc43)[C@@H]2C1=O. The first kappa shape index (κ1) is 18.9. The summed E-state index contributed by atoms with van der Waals surface area (Å²) in [6.45, 7) is 1.81. The monoisotopic (exact) mass is 424 g/mol. The highest BCUT2D eigenvalue weighted by atomic mass is 16.6. The van der Waals surface area contributed by atoms with Gasteiger partial charge >= 0.3 is 0 Å². The van der Waals surface area contributed by atoms with Crippen molar-refractivity contribution >= 4 is 11.8 Å². The summed E-state index contributed by atoms with van der Waals surface area (Å²) in [4.78, 5) is 41.6. The summed E-state index contributed by atoms with van der Waals surface area (Å²) in [6.07, 6.45) is 0. The van der Waals surface area contributed by atoms with Gasteiger partial charge in [0.2, 0.25) is 11.8 Å². The number of nitro groups is 1. The first-order valence-electron chi connectivity index (χ1n) is 10.7. The van der Waals surface area contributed by atoms with Crippen LogP contribution in [0.3, 0.4) is 0 Å². The largest absolute Gasteiger partial charge is 0.284 e. The van der Waals surface area contributed by atoms with Gasteiger partial charge in [-0.3, -0.25) is 24.6 Å². The quantitative estimate of drug-likeness (QED) is 0.361. The van der Waals surface area contributed by atoms with Crippen molar-refractivity contribution in [2.75, 3.05) is 0 Å². The third-order valence-corrected chi connectivity index (χ3v) is 7.56. The molecular formula is C26H20N2O4. The zero-order valence-electron chi connectivity index (χ0n) is 17.3. The third-order valence-electron chi connectivity index (χ3n) is 7.56. The van der Waals surface area contributed by atoms with Crippen LogP contribution in [0.4, 0.5) is 0 Å². The first-order chi connectivity index (χ1) is 15.5. The summed E-state index contributed by atoms with van der Waals surface area (Å²) in [5.74, 6) is -3.01. The number of hydrogen-bond donors (Lipinski definition) is 0. The Bertz CT molecular complexity index is 1250. The molecule has 2 amide bonds. The predicted molar refractivity (Wildman–Crippen MR) is 116 cm³/mol. The molecule has 7 rings (SSSR count). The van der Waals surface area contributed by atoms with Gasteiger partial charge in [-0.1, -0.05) is 78.9 Å². The zero-order chi connectivity index (χ0) is 22.2. The van der Waals surface area contributed by atoms with Crippen LogP contribution in [0.5, 0.6) is 0 Å². The van der Waals surface area contributed by atoms with Crippen LogP contribution in [-0.2, 0) is 15.1 Å². The van der Waals surface area contributed by atoms with Crippen molar-refractivity contribution in [3.05, 3.63) is 117 Å². The highest BCUT2D eigenvalue weighted by Gasteiger charge is 2.75. The van der Waals surface area contributed by atoms with E-state index in [2.05, 4.69) is 0 Å². The van der Waals surface area contributed by atoms with Crippen LogP contribution in [0.25, 0.3) is 0 Å². The minimum atomic E-state index is -1.77. The first-order valence-corrected chi connectivity index (χ1v) is 10.7. The minimum Gasteiger partial charge on any atom is -0.274 e. The number of likely N-dealkylation sites (tertiary alicyclic amines) is 1. The molecule has 1 aliphatic heterocycles. The summed E-state index contributed by atoms with van der Waals surface area (Å²) >= 11 is 0. The molecule has 0 saturated carbocycles. The molecule has 0 N–H and O–H groups in total. The van der Waals surface area contributed by atoms with Gasteiger partial charge in [-0.25, -0.2) is 0 Å². The van der Waals surface area contributed by atoms with Crippen molar-refractivity contribution in [2.24, 2.45) is 11.8 Å². The van der Waals surface area contributed by atoms with E-state index in [-0.39, 0.29) is 16.7 Å². The summed E-state index contributed by atoms with van der Waals surface area (Å²) in [5, 5.41) is 12.9. The lowest BCUT2D eigenvalue weighted by molar-refractivity contribution is -0.578. The molecule has 2 bridgehead atoms. The maximum absolute atomic E-state index is 13.9. The summed E-state index contributed by atoms with van der Waals surface area (Å²) in [5.41, 5.74) is 1.67. The Kier molecular flexibility index (Phi) is 3.76. The predicted octanol–water partition coefficient (Wildman–Crippen LogP) is 4.03. The van der Waals surface area contributed by atoms with E-state index in [9.17, 15) is 19.7 Å². The molecule has 4 aliphatic rings. The number of carbonyl (C=O) groups excluding carboxylic acids is 2. The van der Waals surface area contributed by atoms with Crippen LogP contribution in [-0.4, -0.2) is 21.6 Å². The number of rotatable bonds is 3. The Morgan fingerprint density at radius 2 is 1.38 bits per heavy atom. The average Bonchev–Trinajstić information content (AvgIpc) is 3.09. The minimum absolute atomic E-state index is 0.323. The number of benzene rings is 3. The van der Waals surface area contributed by atoms with Gasteiger partial charge in [-0.2, -0.15) is 0 Å². The highest BCUT2D eigenvalue weighted by molar-refractivity contribution is 6.08. The van der Waals surface area contributed by atoms with Gasteiger partial charge in [0.1, 0.15) is 5.92 Å². The van der Waals surface area contributed by atoms with E-state index < -0.39 is 29.3 Å². The third kappa shape index (κ3) is 2.04. The van der Waals surface area contributed by atoms with Gasteiger partial charge in [0.25, 0.3) is 5.54 Å². The summed E-state index contributed by atoms with van der Waals surface area (Å²) < 4.78 is 0. The van der Waals surface area contributed by atoms with Gasteiger partial charge in [0, 0.05) is 22.0 Å². The molecule has 0 spiro atoms.